The van der Waals surface area contributed by atoms with Crippen LogP contribution in [0.3, 0.4) is 0 Å². The van der Waals surface area contributed by atoms with Crippen LogP contribution >= 0.6 is 0 Å². The van der Waals surface area contributed by atoms with Gasteiger partial charge in [-0.25, -0.2) is 0 Å². The van der Waals surface area contributed by atoms with E-state index in [1.54, 1.807) is 0 Å². The molecule has 122 valence electrons. The van der Waals surface area contributed by atoms with Gasteiger partial charge in [0.15, 0.2) is 6.29 Å². The Morgan fingerprint density at radius 3 is 2.82 bits per heavy atom. The SMILES string of the molecule is CC(C)C[C@H](N)C(=O)NC1CCO[C@H]1OCc1ccccc1. The molecule has 5 heteroatoms. The highest BCUT2D eigenvalue weighted by Gasteiger charge is 2.31. The van der Waals surface area contributed by atoms with Gasteiger partial charge in [-0.15, -0.1) is 0 Å². The smallest absolute Gasteiger partial charge is 0.237 e. The first-order valence-electron chi connectivity index (χ1n) is 7.89. The number of nitrogens with one attached hydrogen (secondary N) is 1. The molecule has 0 aliphatic carbocycles. The highest BCUT2D eigenvalue weighted by molar-refractivity contribution is 5.81. The molecule has 1 fully saturated rings. The van der Waals surface area contributed by atoms with Crippen molar-refractivity contribution in [2.24, 2.45) is 11.7 Å². The van der Waals surface area contributed by atoms with Gasteiger partial charge in [-0.05, 0) is 24.3 Å². The zero-order chi connectivity index (χ0) is 15.9. The summed E-state index contributed by atoms with van der Waals surface area (Å²) in [5.74, 6) is 0.267. The average Bonchev–Trinajstić information content (AvgIpc) is 2.92. The summed E-state index contributed by atoms with van der Waals surface area (Å²) in [6.07, 6.45) is 1.02. The van der Waals surface area contributed by atoms with E-state index in [0.29, 0.717) is 25.6 Å². The van der Waals surface area contributed by atoms with Gasteiger partial charge in [0.25, 0.3) is 0 Å². The minimum absolute atomic E-state index is 0.127. The second kappa shape index (κ2) is 8.27. The molecule has 1 heterocycles. The van der Waals surface area contributed by atoms with Crippen LogP contribution in [0.4, 0.5) is 0 Å². The molecule has 1 amide bonds. The molecule has 1 aromatic carbocycles. The summed E-state index contributed by atoms with van der Waals surface area (Å²) in [5, 5.41) is 2.96. The number of rotatable bonds is 7. The molecule has 1 aliphatic rings. The predicted octanol–water partition coefficient (Wildman–Crippen LogP) is 1.81. The van der Waals surface area contributed by atoms with E-state index in [2.05, 4.69) is 19.2 Å². The molecule has 0 aromatic heterocycles. The van der Waals surface area contributed by atoms with Crippen LogP contribution in [0.5, 0.6) is 0 Å². The number of ether oxygens (including phenoxy) is 2. The van der Waals surface area contributed by atoms with Gasteiger partial charge >= 0.3 is 0 Å². The Balaban J connectivity index is 1.81. The molecule has 3 atom stereocenters. The van der Waals surface area contributed by atoms with Gasteiger partial charge in [0.1, 0.15) is 0 Å². The molecule has 3 N–H and O–H groups in total. The van der Waals surface area contributed by atoms with E-state index in [-0.39, 0.29) is 11.9 Å². The van der Waals surface area contributed by atoms with Gasteiger partial charge in [0, 0.05) is 0 Å². The first-order valence-corrected chi connectivity index (χ1v) is 7.89. The molecule has 0 radical (unpaired) electrons. The third-order valence-electron chi connectivity index (χ3n) is 3.69. The molecule has 0 bridgehead atoms. The Hall–Kier alpha value is -1.43. The van der Waals surface area contributed by atoms with Crippen molar-refractivity contribution in [1.29, 1.82) is 0 Å². The third-order valence-corrected chi connectivity index (χ3v) is 3.69. The zero-order valence-electron chi connectivity index (χ0n) is 13.3. The lowest BCUT2D eigenvalue weighted by atomic mass is 10.0. The van der Waals surface area contributed by atoms with E-state index in [0.717, 1.165) is 12.0 Å². The minimum atomic E-state index is -0.477. The van der Waals surface area contributed by atoms with Crippen molar-refractivity contribution in [2.75, 3.05) is 6.61 Å². The first kappa shape index (κ1) is 16.9. The first-order chi connectivity index (χ1) is 10.6. The lowest BCUT2D eigenvalue weighted by Crippen LogP contribution is -2.49. The Labute approximate surface area is 132 Å². The van der Waals surface area contributed by atoms with Crippen molar-refractivity contribution < 1.29 is 14.3 Å². The van der Waals surface area contributed by atoms with E-state index in [1.165, 1.54) is 0 Å². The molecule has 1 aliphatic heterocycles. The van der Waals surface area contributed by atoms with Gasteiger partial charge in [-0.1, -0.05) is 44.2 Å². The predicted molar refractivity (Wildman–Crippen MR) is 84.9 cm³/mol. The Bertz CT molecular complexity index is 464. The lowest BCUT2D eigenvalue weighted by molar-refractivity contribution is -0.139. The van der Waals surface area contributed by atoms with Crippen LogP contribution < -0.4 is 11.1 Å². The fraction of sp³-hybridized carbons (Fsp3) is 0.588. The molecule has 1 saturated heterocycles. The van der Waals surface area contributed by atoms with Crippen molar-refractivity contribution >= 4 is 5.91 Å². The van der Waals surface area contributed by atoms with Gasteiger partial charge in [0.2, 0.25) is 5.91 Å². The van der Waals surface area contributed by atoms with Crippen molar-refractivity contribution in [1.82, 2.24) is 5.32 Å². The van der Waals surface area contributed by atoms with Gasteiger partial charge in [-0.2, -0.15) is 0 Å². The van der Waals surface area contributed by atoms with E-state index in [4.69, 9.17) is 15.2 Å². The van der Waals surface area contributed by atoms with Gasteiger partial charge in [-0.3, -0.25) is 4.79 Å². The molecule has 0 saturated carbocycles. The van der Waals surface area contributed by atoms with Crippen molar-refractivity contribution in [3.63, 3.8) is 0 Å². The van der Waals surface area contributed by atoms with E-state index in [1.807, 2.05) is 30.3 Å². The summed E-state index contributed by atoms with van der Waals surface area (Å²) >= 11 is 0. The molecule has 1 aromatic rings. The van der Waals surface area contributed by atoms with Gasteiger partial charge in [0.05, 0.1) is 25.3 Å². The zero-order valence-corrected chi connectivity index (χ0v) is 13.3. The van der Waals surface area contributed by atoms with Crippen LogP contribution in [-0.4, -0.2) is 30.9 Å². The summed E-state index contributed by atoms with van der Waals surface area (Å²) in [6.45, 7) is 5.16. The number of hydrogen-bond acceptors (Lipinski definition) is 4. The maximum Gasteiger partial charge on any atom is 0.237 e. The van der Waals surface area contributed by atoms with Crippen LogP contribution in [-0.2, 0) is 20.9 Å². The second-order valence-corrected chi connectivity index (χ2v) is 6.18. The molecule has 5 nitrogen and oxygen atoms in total. The summed E-state index contributed by atoms with van der Waals surface area (Å²) in [5.41, 5.74) is 7.00. The van der Waals surface area contributed by atoms with E-state index in [9.17, 15) is 4.79 Å². The lowest BCUT2D eigenvalue weighted by Gasteiger charge is -2.22. The van der Waals surface area contributed by atoms with Crippen LogP contribution in [0.15, 0.2) is 30.3 Å². The van der Waals surface area contributed by atoms with Crippen molar-refractivity contribution in [3.8, 4) is 0 Å². The van der Waals surface area contributed by atoms with E-state index < -0.39 is 12.3 Å². The average molecular weight is 306 g/mol. The number of amides is 1. The van der Waals surface area contributed by atoms with E-state index >= 15 is 0 Å². The Morgan fingerprint density at radius 2 is 2.14 bits per heavy atom. The number of nitrogens with two attached hydrogens (primary N) is 1. The Kier molecular flexibility index (Phi) is 6.36. The van der Waals surface area contributed by atoms with Crippen molar-refractivity contribution in [2.45, 2.75) is 51.7 Å². The third kappa shape index (κ3) is 5.09. The number of carbonyl (C=O) groups is 1. The topological polar surface area (TPSA) is 73.6 Å². The molecule has 22 heavy (non-hydrogen) atoms. The van der Waals surface area contributed by atoms with Crippen LogP contribution in [0.2, 0.25) is 0 Å². The fourth-order valence-electron chi connectivity index (χ4n) is 2.53. The summed E-state index contributed by atoms with van der Waals surface area (Å²) in [4.78, 5) is 12.1. The monoisotopic (exact) mass is 306 g/mol. The molecule has 0 spiro atoms. The Morgan fingerprint density at radius 1 is 1.41 bits per heavy atom. The molecular formula is C17H26N2O3. The molecule has 1 unspecified atom stereocenters. The van der Waals surface area contributed by atoms with Gasteiger partial charge < -0.3 is 20.5 Å². The maximum atomic E-state index is 12.1. The van der Waals surface area contributed by atoms with Crippen molar-refractivity contribution in [3.05, 3.63) is 35.9 Å². The van der Waals surface area contributed by atoms with Crippen LogP contribution in [0, 0.1) is 5.92 Å². The largest absolute Gasteiger partial charge is 0.350 e. The highest BCUT2D eigenvalue weighted by atomic mass is 16.7. The summed E-state index contributed by atoms with van der Waals surface area (Å²) in [6, 6.07) is 9.30. The minimum Gasteiger partial charge on any atom is -0.350 e. The fourth-order valence-corrected chi connectivity index (χ4v) is 2.53. The highest BCUT2D eigenvalue weighted by Crippen LogP contribution is 2.17. The molecular weight excluding hydrogens is 280 g/mol. The standard InChI is InChI=1S/C17H26N2O3/c1-12(2)10-14(18)16(20)19-15-8-9-21-17(15)22-11-13-6-4-3-5-7-13/h3-7,12,14-15,17H,8-11,18H2,1-2H3,(H,19,20)/t14-,15?,17-/m0/s1. The van der Waals surface area contributed by atoms with Crippen LogP contribution in [0.25, 0.3) is 0 Å². The normalized spacial score (nSPS) is 22.7. The molecule has 2 rings (SSSR count). The quantitative estimate of drug-likeness (QED) is 0.806. The summed E-state index contributed by atoms with van der Waals surface area (Å²) < 4.78 is 11.4. The number of benzene rings is 1. The maximum absolute atomic E-state index is 12.1. The van der Waals surface area contributed by atoms with Crippen LogP contribution in [0.1, 0.15) is 32.3 Å². The summed E-state index contributed by atoms with van der Waals surface area (Å²) in [7, 11) is 0. The number of hydrogen-bond donors (Lipinski definition) is 2. The second-order valence-electron chi connectivity index (χ2n) is 6.18. The number of carbonyl (C=O) groups excluding carboxylic acids is 1.